The predicted octanol–water partition coefficient (Wildman–Crippen LogP) is 3.24. The van der Waals surface area contributed by atoms with Gasteiger partial charge in [-0.15, -0.1) is 0 Å². The Morgan fingerprint density at radius 2 is 1.65 bits per heavy atom. The second kappa shape index (κ2) is 6.42. The molecule has 23 heavy (non-hydrogen) atoms. The Balaban J connectivity index is 2.23. The van der Waals surface area contributed by atoms with E-state index >= 15 is 0 Å². The summed E-state index contributed by atoms with van der Waals surface area (Å²) >= 11 is 0. The molecule has 2 rings (SSSR count). The van der Waals surface area contributed by atoms with Crippen molar-refractivity contribution in [3.63, 3.8) is 0 Å². The molecule has 0 spiro atoms. The lowest BCUT2D eigenvalue weighted by Crippen LogP contribution is -2.14. The third kappa shape index (κ3) is 4.32. The van der Waals surface area contributed by atoms with E-state index < -0.39 is 10.0 Å². The molecule has 0 aromatic heterocycles. The van der Waals surface area contributed by atoms with Crippen molar-refractivity contribution in [3.8, 4) is 0 Å². The summed E-state index contributed by atoms with van der Waals surface area (Å²) in [5.74, 6) is -0.229. The summed E-state index contributed by atoms with van der Waals surface area (Å²) < 4.78 is 25.0. The van der Waals surface area contributed by atoms with E-state index in [1.165, 1.54) is 0 Å². The van der Waals surface area contributed by atoms with Crippen LogP contribution in [0.3, 0.4) is 0 Å². The molecule has 122 valence electrons. The summed E-state index contributed by atoms with van der Waals surface area (Å²) in [6.45, 7) is 5.69. The molecular weight excluding hydrogens is 312 g/mol. The number of nitrogens with one attached hydrogen (secondary N) is 2. The minimum atomic E-state index is -3.34. The average molecular weight is 332 g/mol. The van der Waals surface area contributed by atoms with Gasteiger partial charge in [0.2, 0.25) is 10.0 Å². The summed E-state index contributed by atoms with van der Waals surface area (Å²) in [5.41, 5.74) is 4.52. The number of rotatable bonds is 4. The molecule has 0 aliphatic rings. The van der Waals surface area contributed by atoms with Crippen LogP contribution in [0.2, 0.25) is 0 Å². The number of hydrogen-bond acceptors (Lipinski definition) is 3. The lowest BCUT2D eigenvalue weighted by molar-refractivity contribution is 0.102. The maximum atomic E-state index is 12.4. The van der Waals surface area contributed by atoms with Crippen molar-refractivity contribution in [3.05, 3.63) is 58.7 Å². The van der Waals surface area contributed by atoms with Gasteiger partial charge in [-0.25, -0.2) is 8.42 Å². The van der Waals surface area contributed by atoms with Crippen LogP contribution in [0.1, 0.15) is 27.0 Å². The SMILES string of the molecule is Cc1cc(C(=O)Nc2cccc(C)c2C)ccc1NS(C)(=O)=O. The fraction of sp³-hybridized carbons (Fsp3) is 0.235. The van der Waals surface area contributed by atoms with Gasteiger partial charge < -0.3 is 5.32 Å². The van der Waals surface area contributed by atoms with E-state index in [9.17, 15) is 13.2 Å². The minimum absolute atomic E-state index is 0.229. The van der Waals surface area contributed by atoms with Crippen molar-refractivity contribution in [2.45, 2.75) is 20.8 Å². The molecular formula is C17H20N2O3S. The van der Waals surface area contributed by atoms with Crippen LogP contribution in [-0.2, 0) is 10.0 Å². The molecule has 0 aliphatic heterocycles. The third-order valence-electron chi connectivity index (χ3n) is 3.64. The van der Waals surface area contributed by atoms with Crippen molar-refractivity contribution < 1.29 is 13.2 Å². The summed E-state index contributed by atoms with van der Waals surface area (Å²) in [4.78, 5) is 12.4. The fourth-order valence-electron chi connectivity index (χ4n) is 2.20. The van der Waals surface area contributed by atoms with Gasteiger partial charge in [0.05, 0.1) is 11.9 Å². The second-order valence-electron chi connectivity index (χ2n) is 5.61. The molecule has 0 radical (unpaired) electrons. The topological polar surface area (TPSA) is 75.3 Å². The van der Waals surface area contributed by atoms with Crippen LogP contribution >= 0.6 is 0 Å². The monoisotopic (exact) mass is 332 g/mol. The Kier molecular flexibility index (Phi) is 4.75. The molecule has 0 unspecified atom stereocenters. The number of aryl methyl sites for hydroxylation is 2. The van der Waals surface area contributed by atoms with E-state index in [1.54, 1.807) is 25.1 Å². The molecule has 1 amide bonds. The first-order valence-electron chi connectivity index (χ1n) is 7.13. The Bertz CT molecular complexity index is 858. The molecule has 0 fully saturated rings. The zero-order valence-corrected chi connectivity index (χ0v) is 14.4. The number of carbonyl (C=O) groups excluding carboxylic acids is 1. The van der Waals surface area contributed by atoms with Gasteiger partial charge in [-0.1, -0.05) is 12.1 Å². The quantitative estimate of drug-likeness (QED) is 0.902. The van der Waals surface area contributed by atoms with Crippen LogP contribution in [0, 0.1) is 20.8 Å². The Morgan fingerprint density at radius 1 is 0.957 bits per heavy atom. The van der Waals surface area contributed by atoms with E-state index in [1.807, 2.05) is 32.0 Å². The smallest absolute Gasteiger partial charge is 0.255 e. The van der Waals surface area contributed by atoms with Crippen LogP contribution in [-0.4, -0.2) is 20.6 Å². The fourth-order valence-corrected chi connectivity index (χ4v) is 2.83. The van der Waals surface area contributed by atoms with Gasteiger partial charge in [0.15, 0.2) is 0 Å². The predicted molar refractivity (Wildman–Crippen MR) is 93.5 cm³/mol. The van der Waals surface area contributed by atoms with E-state index in [0.717, 1.165) is 23.1 Å². The number of anilines is 2. The molecule has 0 aliphatic carbocycles. The molecule has 6 heteroatoms. The molecule has 0 heterocycles. The molecule has 0 saturated carbocycles. The van der Waals surface area contributed by atoms with Gasteiger partial charge in [0.1, 0.15) is 0 Å². The summed E-state index contributed by atoms with van der Waals surface area (Å²) in [5, 5.41) is 2.88. The van der Waals surface area contributed by atoms with Gasteiger partial charge >= 0.3 is 0 Å². The second-order valence-corrected chi connectivity index (χ2v) is 7.35. The Labute approximate surface area is 136 Å². The van der Waals surface area contributed by atoms with E-state index in [0.29, 0.717) is 16.8 Å². The third-order valence-corrected chi connectivity index (χ3v) is 4.23. The number of hydrogen-bond donors (Lipinski definition) is 2. The normalized spacial score (nSPS) is 11.1. The first kappa shape index (κ1) is 17.0. The molecule has 0 saturated heterocycles. The van der Waals surface area contributed by atoms with Crippen LogP contribution < -0.4 is 10.0 Å². The van der Waals surface area contributed by atoms with Crippen molar-refractivity contribution in [2.24, 2.45) is 0 Å². The van der Waals surface area contributed by atoms with E-state index in [4.69, 9.17) is 0 Å². The standard InChI is InChI=1S/C17H20N2O3S/c1-11-6-5-7-16(13(11)3)18-17(20)14-8-9-15(12(2)10-14)19-23(4,21)22/h5-10,19H,1-4H3,(H,18,20). The van der Waals surface area contributed by atoms with Gasteiger partial charge in [-0.05, 0) is 61.7 Å². The summed E-state index contributed by atoms with van der Waals surface area (Å²) in [6, 6.07) is 10.6. The largest absolute Gasteiger partial charge is 0.322 e. The zero-order chi connectivity index (χ0) is 17.2. The van der Waals surface area contributed by atoms with Crippen molar-refractivity contribution in [1.29, 1.82) is 0 Å². The first-order chi connectivity index (χ1) is 10.7. The lowest BCUT2D eigenvalue weighted by Gasteiger charge is -2.12. The zero-order valence-electron chi connectivity index (χ0n) is 13.6. The van der Waals surface area contributed by atoms with Gasteiger partial charge in [-0.3, -0.25) is 9.52 Å². The average Bonchev–Trinajstić information content (AvgIpc) is 2.44. The molecule has 2 aromatic carbocycles. The maximum Gasteiger partial charge on any atom is 0.255 e. The van der Waals surface area contributed by atoms with Gasteiger partial charge in [-0.2, -0.15) is 0 Å². The van der Waals surface area contributed by atoms with E-state index in [2.05, 4.69) is 10.0 Å². The highest BCUT2D eigenvalue weighted by molar-refractivity contribution is 7.92. The minimum Gasteiger partial charge on any atom is -0.322 e. The van der Waals surface area contributed by atoms with E-state index in [-0.39, 0.29) is 5.91 Å². The summed E-state index contributed by atoms with van der Waals surface area (Å²) in [6.07, 6.45) is 1.09. The lowest BCUT2D eigenvalue weighted by atomic mass is 10.1. The van der Waals surface area contributed by atoms with Crippen LogP contribution in [0.5, 0.6) is 0 Å². The van der Waals surface area contributed by atoms with Crippen molar-refractivity contribution >= 4 is 27.3 Å². The highest BCUT2D eigenvalue weighted by Gasteiger charge is 2.11. The first-order valence-corrected chi connectivity index (χ1v) is 9.02. The van der Waals surface area contributed by atoms with Gasteiger partial charge in [0, 0.05) is 11.3 Å². The van der Waals surface area contributed by atoms with Crippen LogP contribution in [0.4, 0.5) is 11.4 Å². The Morgan fingerprint density at radius 3 is 2.26 bits per heavy atom. The van der Waals surface area contributed by atoms with Crippen molar-refractivity contribution in [1.82, 2.24) is 0 Å². The van der Waals surface area contributed by atoms with Crippen LogP contribution in [0.15, 0.2) is 36.4 Å². The Hall–Kier alpha value is -2.34. The number of carbonyl (C=O) groups is 1. The molecule has 5 nitrogen and oxygen atoms in total. The molecule has 0 atom stereocenters. The summed E-state index contributed by atoms with van der Waals surface area (Å²) in [7, 11) is -3.34. The molecule has 2 aromatic rings. The number of sulfonamides is 1. The van der Waals surface area contributed by atoms with Gasteiger partial charge in [0.25, 0.3) is 5.91 Å². The molecule has 0 bridgehead atoms. The maximum absolute atomic E-state index is 12.4. The number of benzene rings is 2. The van der Waals surface area contributed by atoms with Crippen LogP contribution in [0.25, 0.3) is 0 Å². The number of amides is 1. The highest BCUT2D eigenvalue weighted by Crippen LogP contribution is 2.21. The van der Waals surface area contributed by atoms with Crippen molar-refractivity contribution in [2.75, 3.05) is 16.3 Å². The molecule has 2 N–H and O–H groups in total. The highest BCUT2D eigenvalue weighted by atomic mass is 32.2.